The molecule has 11 rings (SSSR count). The number of likely N-dealkylation sites (N-methyl/N-ethyl adjacent to an activating group) is 1. The topological polar surface area (TPSA) is 128 Å². The van der Waals surface area contributed by atoms with Crippen LogP contribution in [0.15, 0.2) is 73.2 Å². The van der Waals surface area contributed by atoms with Gasteiger partial charge in [0.1, 0.15) is 34.9 Å². The van der Waals surface area contributed by atoms with Gasteiger partial charge in [0, 0.05) is 100 Å². The van der Waals surface area contributed by atoms with Crippen LogP contribution in [-0.4, -0.2) is 138 Å². The highest BCUT2D eigenvalue weighted by atomic mass is 35.5. The van der Waals surface area contributed by atoms with Gasteiger partial charge >= 0.3 is 5.97 Å². The summed E-state index contributed by atoms with van der Waals surface area (Å²) in [5.41, 5.74) is 6.50. The first-order valence-corrected chi connectivity index (χ1v) is 24.6. The number of piperazine rings is 1. The number of esters is 1. The number of carbonyl (C=O) groups is 1. The molecular formula is C51H56ClFN8O6S. The Morgan fingerprint density at radius 3 is 2.60 bits per heavy atom. The van der Waals surface area contributed by atoms with Crippen LogP contribution < -0.4 is 14.4 Å². The van der Waals surface area contributed by atoms with E-state index in [-0.39, 0.29) is 36.9 Å². The third-order valence-electron chi connectivity index (χ3n) is 13.4. The number of hydrogen-bond donors (Lipinski definition) is 0. The molecule has 8 heterocycles. The van der Waals surface area contributed by atoms with Gasteiger partial charge in [-0.3, -0.25) is 9.80 Å². The monoisotopic (exact) mass is 962 g/mol. The van der Waals surface area contributed by atoms with Gasteiger partial charge in [-0.2, -0.15) is 0 Å². The van der Waals surface area contributed by atoms with Crippen molar-refractivity contribution in [2.24, 2.45) is 0 Å². The summed E-state index contributed by atoms with van der Waals surface area (Å²) in [6, 6.07) is 18.6. The summed E-state index contributed by atoms with van der Waals surface area (Å²) in [6.45, 7) is 14.3. The van der Waals surface area contributed by atoms with E-state index in [1.54, 1.807) is 25.3 Å². The lowest BCUT2D eigenvalue weighted by molar-refractivity contribution is -0.151. The Balaban J connectivity index is 1.05. The van der Waals surface area contributed by atoms with E-state index in [2.05, 4.69) is 60.9 Å². The van der Waals surface area contributed by atoms with Crippen LogP contribution in [0.25, 0.3) is 31.8 Å². The first kappa shape index (κ1) is 46.4. The van der Waals surface area contributed by atoms with E-state index in [0.717, 1.165) is 89.5 Å². The molecule has 68 heavy (non-hydrogen) atoms. The summed E-state index contributed by atoms with van der Waals surface area (Å²) < 4.78 is 45.4. The average Bonchev–Trinajstić information content (AvgIpc) is 3.97. The van der Waals surface area contributed by atoms with E-state index in [1.165, 1.54) is 29.8 Å². The third kappa shape index (κ3) is 10.0. The lowest BCUT2D eigenvalue weighted by atomic mass is 9.94. The number of thiophene rings is 1. The van der Waals surface area contributed by atoms with E-state index in [1.807, 2.05) is 19.1 Å². The molecule has 0 aliphatic carbocycles. The number of ether oxygens (including phenoxy) is 5. The largest absolute Gasteiger partial charge is 0.487 e. The molecule has 1 unspecified atom stereocenters. The molecule has 0 saturated carbocycles. The van der Waals surface area contributed by atoms with Crippen molar-refractivity contribution in [3.63, 3.8) is 0 Å². The minimum Gasteiger partial charge on any atom is -0.487 e. The molecule has 4 bridgehead atoms. The molecule has 3 saturated heterocycles. The lowest BCUT2D eigenvalue weighted by Crippen LogP contribution is -2.53. The summed E-state index contributed by atoms with van der Waals surface area (Å²) in [5, 5.41) is 1.28. The quantitative estimate of drug-likeness (QED) is 0.125. The zero-order valence-electron chi connectivity index (χ0n) is 38.7. The van der Waals surface area contributed by atoms with Gasteiger partial charge in [-0.05, 0) is 78.5 Å². The Hall–Kier alpha value is -5.33. The maximum Gasteiger partial charge on any atom is 0.347 e. The van der Waals surface area contributed by atoms with Crippen molar-refractivity contribution in [1.82, 2.24) is 34.6 Å². The van der Waals surface area contributed by atoms with Crippen LogP contribution in [0.3, 0.4) is 0 Å². The number of nitrogens with zero attached hydrogens (tertiary/aromatic N) is 8. The van der Waals surface area contributed by atoms with Crippen molar-refractivity contribution in [3.8, 4) is 33.2 Å². The number of morpholine rings is 1. The van der Waals surface area contributed by atoms with Crippen LogP contribution in [-0.2, 0) is 45.1 Å². The molecular weight excluding hydrogens is 907 g/mol. The number of hydrogen-bond acceptors (Lipinski definition) is 15. The minimum atomic E-state index is -1.13. The normalized spacial score (nSPS) is 20.5. The van der Waals surface area contributed by atoms with E-state index in [9.17, 15) is 9.18 Å². The van der Waals surface area contributed by atoms with E-state index in [0.29, 0.717) is 78.6 Å². The fourth-order valence-corrected chi connectivity index (χ4v) is 11.0. The van der Waals surface area contributed by atoms with Crippen molar-refractivity contribution in [1.29, 1.82) is 0 Å². The number of rotatable bonds is 10. The van der Waals surface area contributed by atoms with Crippen molar-refractivity contribution >= 4 is 45.1 Å². The van der Waals surface area contributed by atoms with Gasteiger partial charge in [0.05, 0.1) is 37.4 Å². The molecule has 356 valence electrons. The summed E-state index contributed by atoms with van der Waals surface area (Å²) in [4.78, 5) is 44.1. The second kappa shape index (κ2) is 20.3. The van der Waals surface area contributed by atoms with Gasteiger partial charge in [0.25, 0.3) is 0 Å². The molecule has 0 amide bonds. The number of halogens is 2. The summed E-state index contributed by atoms with van der Waals surface area (Å²) >= 11 is 8.89. The van der Waals surface area contributed by atoms with Crippen LogP contribution in [0.2, 0.25) is 5.02 Å². The molecule has 5 aliphatic rings. The van der Waals surface area contributed by atoms with E-state index >= 15 is 0 Å². The van der Waals surface area contributed by atoms with Crippen LogP contribution in [0.5, 0.6) is 11.6 Å². The maximum atomic E-state index is 14.4. The Morgan fingerprint density at radius 1 is 0.956 bits per heavy atom. The van der Waals surface area contributed by atoms with Gasteiger partial charge < -0.3 is 33.5 Å². The van der Waals surface area contributed by atoms with Crippen LogP contribution >= 0.6 is 22.9 Å². The van der Waals surface area contributed by atoms with Gasteiger partial charge in [0.15, 0.2) is 0 Å². The van der Waals surface area contributed by atoms with Crippen molar-refractivity contribution in [2.45, 2.75) is 58.1 Å². The summed E-state index contributed by atoms with van der Waals surface area (Å²) in [5.74, 6) is 0.543. The lowest BCUT2D eigenvalue weighted by Gasteiger charge is -2.39. The second-order valence-electron chi connectivity index (χ2n) is 18.1. The molecule has 0 N–H and O–H groups in total. The SMILES string of the molecule is CCOC(=O)[C@H]1Cc2cc(ccc2OCc2ccnc(N3CCOC4(CCOC4)C3)n2)CN(CCN2CCN(C)CC2)Cc2ccc(c(C)c2Cl)-c2c(-c3ccc(F)cc3)sc3ncnc(c23)O1. The molecule has 3 fully saturated rings. The number of carbonyl (C=O) groups excluding carboxylic acids is 1. The second-order valence-corrected chi connectivity index (χ2v) is 19.5. The van der Waals surface area contributed by atoms with Crippen molar-refractivity contribution in [3.05, 3.63) is 112 Å². The summed E-state index contributed by atoms with van der Waals surface area (Å²) in [7, 11) is 2.17. The fraction of sp³-hybridized carbons (Fsp3) is 0.431. The highest BCUT2D eigenvalue weighted by Gasteiger charge is 2.41. The third-order valence-corrected chi connectivity index (χ3v) is 15.1. The molecule has 3 aromatic carbocycles. The van der Waals surface area contributed by atoms with E-state index < -0.39 is 12.1 Å². The molecule has 0 radical (unpaired) electrons. The van der Waals surface area contributed by atoms with Gasteiger partial charge in [-0.1, -0.05) is 48.0 Å². The Labute approximate surface area is 404 Å². The molecule has 17 heteroatoms. The first-order valence-electron chi connectivity index (χ1n) is 23.4. The van der Waals surface area contributed by atoms with Crippen LogP contribution in [0.1, 0.15) is 41.3 Å². The Bertz CT molecular complexity index is 2770. The van der Waals surface area contributed by atoms with Gasteiger partial charge in [-0.15, -0.1) is 11.3 Å². The minimum absolute atomic E-state index is 0.116. The molecule has 6 aromatic rings. The fourth-order valence-electron chi connectivity index (χ4n) is 9.65. The molecule has 14 nitrogen and oxygen atoms in total. The highest BCUT2D eigenvalue weighted by Crippen LogP contribution is 2.49. The molecule has 2 atom stereocenters. The first-order chi connectivity index (χ1) is 33.1. The van der Waals surface area contributed by atoms with Crippen molar-refractivity contribution in [2.75, 3.05) is 90.7 Å². The Morgan fingerprint density at radius 2 is 1.79 bits per heavy atom. The zero-order valence-corrected chi connectivity index (χ0v) is 40.3. The summed E-state index contributed by atoms with van der Waals surface area (Å²) in [6.07, 6.45) is 3.03. The predicted molar refractivity (Wildman–Crippen MR) is 260 cm³/mol. The van der Waals surface area contributed by atoms with Crippen LogP contribution in [0, 0.1) is 12.7 Å². The van der Waals surface area contributed by atoms with Crippen LogP contribution in [0.4, 0.5) is 10.3 Å². The number of aromatic nitrogens is 4. The standard InChI is InChI=1S/C51H56ClFN8O6S/c1-4-64-49(62)42-26-37-25-34(5-12-41(37)65-29-39-13-15-54-50(57-39)61-22-24-66-51(30-61)14-23-63-31-51)27-60(21-20-59-18-16-58(3)17-19-59)28-36-8-11-40(33(2)45(36)52)43-44-47(67-42)55-32-56-48(44)68-46(43)35-6-9-38(53)10-7-35/h5-13,15,25,32,42H,4,14,16-24,26-31H2,1-3H3/t42-,51?/m1/s1. The van der Waals surface area contributed by atoms with E-state index in [4.69, 9.17) is 45.3 Å². The zero-order chi connectivity index (χ0) is 46.8. The highest BCUT2D eigenvalue weighted by molar-refractivity contribution is 7.22. The molecule has 5 aliphatic heterocycles. The number of anilines is 1. The molecule has 3 aromatic heterocycles. The average molecular weight is 964 g/mol. The maximum absolute atomic E-state index is 14.4. The van der Waals surface area contributed by atoms with Crippen molar-refractivity contribution < 1.29 is 32.9 Å². The smallest absolute Gasteiger partial charge is 0.347 e. The Kier molecular flexibility index (Phi) is 13.9. The predicted octanol–water partition coefficient (Wildman–Crippen LogP) is 7.61. The van der Waals surface area contributed by atoms with Gasteiger partial charge in [-0.25, -0.2) is 29.1 Å². The number of benzene rings is 3. The number of fused-ring (bicyclic) bond motifs is 6. The van der Waals surface area contributed by atoms with Gasteiger partial charge in [0.2, 0.25) is 17.9 Å². The molecule has 1 spiro atoms.